The average molecular weight is 353 g/mol. The Kier molecular flexibility index (Phi) is 4.41. The molecule has 0 unspecified atom stereocenters. The van der Waals surface area contributed by atoms with Gasteiger partial charge >= 0.3 is 0 Å². The second kappa shape index (κ2) is 6.88. The van der Waals surface area contributed by atoms with Gasteiger partial charge in [0.2, 0.25) is 5.69 Å². The summed E-state index contributed by atoms with van der Waals surface area (Å²) in [6.07, 6.45) is 8.60. The van der Waals surface area contributed by atoms with E-state index in [4.69, 9.17) is 0 Å². The number of hydrogen-bond donors (Lipinski definition) is 0. The van der Waals surface area contributed by atoms with E-state index < -0.39 is 0 Å². The molecule has 0 aliphatic heterocycles. The average Bonchev–Trinajstić information content (AvgIpc) is 3.18. The molecule has 27 heavy (non-hydrogen) atoms. The SMILES string of the molecule is CC(C)(C)c1ccccc1-n1ccc(-c2cc[n+](-c3ccccc3)cc2)c1. The van der Waals surface area contributed by atoms with Gasteiger partial charge in [-0.1, -0.05) is 57.2 Å². The van der Waals surface area contributed by atoms with Gasteiger partial charge in [-0.05, 0) is 28.7 Å². The van der Waals surface area contributed by atoms with E-state index in [1.165, 1.54) is 28.1 Å². The van der Waals surface area contributed by atoms with E-state index in [0.717, 1.165) is 0 Å². The van der Waals surface area contributed by atoms with Crippen molar-refractivity contribution in [2.24, 2.45) is 0 Å². The molecular formula is C25H25N2+. The zero-order chi connectivity index (χ0) is 18.9. The molecule has 0 atom stereocenters. The molecule has 0 N–H and O–H groups in total. The third-order valence-corrected chi connectivity index (χ3v) is 4.90. The first-order valence-electron chi connectivity index (χ1n) is 9.37. The van der Waals surface area contributed by atoms with E-state index in [-0.39, 0.29) is 5.41 Å². The molecule has 2 nitrogen and oxygen atoms in total. The number of nitrogens with zero attached hydrogens (tertiary/aromatic N) is 2. The summed E-state index contributed by atoms with van der Waals surface area (Å²) in [5.41, 5.74) is 6.30. The molecule has 0 saturated heterocycles. The minimum Gasteiger partial charge on any atom is -0.323 e. The Bertz CT molecular complexity index is 1040. The lowest BCUT2D eigenvalue weighted by atomic mass is 9.86. The van der Waals surface area contributed by atoms with Gasteiger partial charge in [-0.25, -0.2) is 0 Å². The molecule has 0 saturated carbocycles. The van der Waals surface area contributed by atoms with E-state index in [2.05, 4.69) is 121 Å². The smallest absolute Gasteiger partial charge is 0.210 e. The summed E-state index contributed by atoms with van der Waals surface area (Å²) in [4.78, 5) is 0. The zero-order valence-electron chi connectivity index (χ0n) is 16.1. The van der Waals surface area contributed by atoms with Crippen molar-refractivity contribution in [2.75, 3.05) is 0 Å². The number of aromatic nitrogens is 2. The highest BCUT2D eigenvalue weighted by atomic mass is 15.0. The fourth-order valence-electron chi connectivity index (χ4n) is 3.44. The number of rotatable bonds is 3. The van der Waals surface area contributed by atoms with Gasteiger partial charge in [-0.2, -0.15) is 4.57 Å². The molecule has 0 bridgehead atoms. The zero-order valence-corrected chi connectivity index (χ0v) is 16.1. The van der Waals surface area contributed by atoms with Gasteiger partial charge in [0, 0.05) is 47.9 Å². The van der Waals surface area contributed by atoms with Gasteiger partial charge in [0.05, 0.1) is 0 Å². The first-order valence-corrected chi connectivity index (χ1v) is 9.37. The molecule has 2 heterocycles. The van der Waals surface area contributed by atoms with Crippen molar-refractivity contribution in [3.8, 4) is 22.5 Å². The monoisotopic (exact) mass is 353 g/mol. The van der Waals surface area contributed by atoms with Crippen LogP contribution in [-0.2, 0) is 5.41 Å². The maximum atomic E-state index is 2.26. The lowest BCUT2D eigenvalue weighted by molar-refractivity contribution is -0.595. The standard InChI is InChI=1S/C25H25N2/c1-25(2,3)23-11-7-8-12-24(23)27-18-15-21(19-27)20-13-16-26(17-14-20)22-9-5-4-6-10-22/h4-19H,1-3H3/q+1. The maximum Gasteiger partial charge on any atom is 0.210 e. The second-order valence-corrected chi connectivity index (χ2v) is 7.90. The van der Waals surface area contributed by atoms with Crippen molar-refractivity contribution < 1.29 is 4.57 Å². The minimum absolute atomic E-state index is 0.106. The van der Waals surface area contributed by atoms with Gasteiger partial charge in [0.25, 0.3) is 0 Å². The molecule has 0 radical (unpaired) electrons. The second-order valence-electron chi connectivity index (χ2n) is 7.90. The third kappa shape index (κ3) is 3.56. The van der Waals surface area contributed by atoms with Crippen LogP contribution in [0.15, 0.2) is 97.6 Å². The molecule has 0 spiro atoms. The molecule has 2 aromatic heterocycles. The summed E-state index contributed by atoms with van der Waals surface area (Å²) in [6.45, 7) is 6.78. The predicted octanol–water partition coefficient (Wildman–Crippen LogP) is 5.72. The lowest BCUT2D eigenvalue weighted by Crippen LogP contribution is -2.28. The Labute approximate surface area is 161 Å². The first kappa shape index (κ1) is 17.3. The van der Waals surface area contributed by atoms with Gasteiger partial charge in [0.1, 0.15) is 0 Å². The Balaban J connectivity index is 1.66. The summed E-state index contributed by atoms with van der Waals surface area (Å²) >= 11 is 0. The summed E-state index contributed by atoms with van der Waals surface area (Å²) in [5, 5.41) is 0. The largest absolute Gasteiger partial charge is 0.323 e. The fraction of sp³-hybridized carbons (Fsp3) is 0.160. The number of pyridine rings is 1. The third-order valence-electron chi connectivity index (χ3n) is 4.90. The predicted molar refractivity (Wildman–Crippen MR) is 111 cm³/mol. The van der Waals surface area contributed by atoms with Crippen LogP contribution in [0.3, 0.4) is 0 Å². The highest BCUT2D eigenvalue weighted by Gasteiger charge is 2.18. The molecule has 0 aliphatic rings. The molecule has 0 amide bonds. The van der Waals surface area contributed by atoms with E-state index in [0.29, 0.717) is 0 Å². The summed E-state index contributed by atoms with van der Waals surface area (Å²) in [5.74, 6) is 0. The number of hydrogen-bond acceptors (Lipinski definition) is 0. The van der Waals surface area contributed by atoms with Crippen LogP contribution in [0.1, 0.15) is 26.3 Å². The number of benzene rings is 2. The van der Waals surface area contributed by atoms with Crippen LogP contribution in [0.4, 0.5) is 0 Å². The van der Waals surface area contributed by atoms with Crippen LogP contribution in [0.25, 0.3) is 22.5 Å². The van der Waals surface area contributed by atoms with Crippen molar-refractivity contribution >= 4 is 0 Å². The fourth-order valence-corrected chi connectivity index (χ4v) is 3.44. The summed E-state index contributed by atoms with van der Waals surface area (Å²) in [7, 11) is 0. The quantitative estimate of drug-likeness (QED) is 0.417. The highest BCUT2D eigenvalue weighted by Crippen LogP contribution is 2.30. The molecule has 0 aliphatic carbocycles. The Morgan fingerprint density at radius 3 is 2.07 bits per heavy atom. The van der Waals surface area contributed by atoms with Gasteiger partial charge < -0.3 is 4.57 Å². The Morgan fingerprint density at radius 1 is 0.704 bits per heavy atom. The lowest BCUT2D eigenvalue weighted by Gasteiger charge is -2.23. The van der Waals surface area contributed by atoms with Crippen LogP contribution < -0.4 is 4.57 Å². The normalized spacial score (nSPS) is 11.5. The van der Waals surface area contributed by atoms with E-state index in [1.54, 1.807) is 0 Å². The van der Waals surface area contributed by atoms with Crippen LogP contribution in [0.2, 0.25) is 0 Å². The van der Waals surface area contributed by atoms with E-state index in [9.17, 15) is 0 Å². The summed E-state index contributed by atoms with van der Waals surface area (Å²) in [6, 6.07) is 25.5. The number of para-hydroxylation sites is 2. The first-order chi connectivity index (χ1) is 13.0. The molecule has 0 fully saturated rings. The Hall–Kier alpha value is -3.13. The molecule has 4 aromatic rings. The van der Waals surface area contributed by atoms with Crippen molar-refractivity contribution in [3.05, 3.63) is 103 Å². The van der Waals surface area contributed by atoms with Gasteiger partial charge in [0.15, 0.2) is 12.4 Å². The van der Waals surface area contributed by atoms with E-state index >= 15 is 0 Å². The molecule has 134 valence electrons. The molecule has 4 rings (SSSR count). The van der Waals surface area contributed by atoms with Crippen molar-refractivity contribution in [2.45, 2.75) is 26.2 Å². The van der Waals surface area contributed by atoms with Crippen LogP contribution in [0.5, 0.6) is 0 Å². The molecule has 2 heteroatoms. The van der Waals surface area contributed by atoms with Crippen molar-refractivity contribution in [1.29, 1.82) is 0 Å². The molecule has 2 aromatic carbocycles. The topological polar surface area (TPSA) is 8.81 Å². The Morgan fingerprint density at radius 2 is 1.37 bits per heavy atom. The van der Waals surface area contributed by atoms with Crippen LogP contribution in [-0.4, -0.2) is 4.57 Å². The molecular weight excluding hydrogens is 328 g/mol. The van der Waals surface area contributed by atoms with Crippen LogP contribution in [0, 0.1) is 0 Å². The van der Waals surface area contributed by atoms with E-state index in [1.807, 2.05) is 6.07 Å². The van der Waals surface area contributed by atoms with Crippen molar-refractivity contribution in [3.63, 3.8) is 0 Å². The van der Waals surface area contributed by atoms with Gasteiger partial charge in [-0.3, -0.25) is 0 Å². The van der Waals surface area contributed by atoms with Gasteiger partial charge in [-0.15, -0.1) is 0 Å². The van der Waals surface area contributed by atoms with Crippen LogP contribution >= 0.6 is 0 Å². The minimum atomic E-state index is 0.106. The highest BCUT2D eigenvalue weighted by molar-refractivity contribution is 5.63. The van der Waals surface area contributed by atoms with Crippen molar-refractivity contribution in [1.82, 2.24) is 4.57 Å². The maximum absolute atomic E-state index is 2.26. The summed E-state index contributed by atoms with van der Waals surface area (Å²) < 4.78 is 4.36.